The van der Waals surface area contributed by atoms with Crippen LogP contribution in [-0.4, -0.2) is 18.6 Å². The minimum absolute atomic E-state index is 0.658. The first-order chi connectivity index (χ1) is 9.74. The first-order valence-electron chi connectivity index (χ1n) is 8.15. The van der Waals surface area contributed by atoms with Crippen LogP contribution >= 0.6 is 11.3 Å². The smallest absolute Gasteiger partial charge is 0.185 e. The van der Waals surface area contributed by atoms with Gasteiger partial charge < -0.3 is 10.6 Å². The maximum Gasteiger partial charge on any atom is 0.185 e. The van der Waals surface area contributed by atoms with Crippen molar-refractivity contribution >= 4 is 16.5 Å². The second-order valence-electron chi connectivity index (χ2n) is 7.10. The zero-order valence-electron chi connectivity index (χ0n) is 12.3. The predicted octanol–water partition coefficient (Wildman–Crippen LogP) is 3.35. The number of nitrogens with zero attached hydrogens (tertiary/aromatic N) is 2. The monoisotopic (exact) mass is 291 g/mol. The number of thiazole rings is 1. The van der Waals surface area contributed by atoms with Gasteiger partial charge in [0.2, 0.25) is 0 Å². The van der Waals surface area contributed by atoms with Crippen molar-refractivity contribution in [3.8, 4) is 0 Å². The number of nitrogens with two attached hydrogens (primary N) is 1. The molecule has 0 radical (unpaired) electrons. The summed E-state index contributed by atoms with van der Waals surface area (Å²) in [7, 11) is 2.22. The first kappa shape index (κ1) is 13.1. The summed E-state index contributed by atoms with van der Waals surface area (Å²) in [6, 6.07) is 0. The van der Waals surface area contributed by atoms with E-state index >= 15 is 0 Å². The van der Waals surface area contributed by atoms with Crippen LogP contribution in [0.15, 0.2) is 0 Å². The van der Waals surface area contributed by atoms with E-state index in [4.69, 9.17) is 10.7 Å². The van der Waals surface area contributed by atoms with Gasteiger partial charge in [-0.05, 0) is 49.9 Å². The van der Waals surface area contributed by atoms with Crippen molar-refractivity contribution in [2.75, 3.05) is 18.5 Å². The Hall–Kier alpha value is -0.610. The highest BCUT2D eigenvalue weighted by Crippen LogP contribution is 2.49. The number of anilines is 1. The average molecular weight is 291 g/mol. The maximum absolute atomic E-state index is 5.89. The molecule has 3 saturated carbocycles. The van der Waals surface area contributed by atoms with Crippen molar-refractivity contribution in [3.05, 3.63) is 10.6 Å². The van der Waals surface area contributed by atoms with Crippen LogP contribution in [0, 0.1) is 17.8 Å². The standard InChI is InChI=1S/C16H25N3S/c1-19(9-13-7-10-2-3-12(13)6-10)16-18-15(11-4-5-11)14(8-17)20-16/h10-13H,2-9,17H2,1H3. The average Bonchev–Trinajstić information content (AvgIpc) is 2.89. The molecule has 2 bridgehead atoms. The second-order valence-corrected chi connectivity index (χ2v) is 8.16. The first-order valence-corrected chi connectivity index (χ1v) is 8.97. The van der Waals surface area contributed by atoms with Crippen molar-refractivity contribution in [3.63, 3.8) is 0 Å². The molecule has 3 aliphatic carbocycles. The van der Waals surface area contributed by atoms with Gasteiger partial charge in [-0.1, -0.05) is 6.42 Å². The zero-order valence-corrected chi connectivity index (χ0v) is 13.2. The number of hydrogen-bond donors (Lipinski definition) is 1. The third-order valence-electron chi connectivity index (χ3n) is 5.59. The molecule has 3 atom stereocenters. The molecule has 4 heteroatoms. The lowest BCUT2D eigenvalue weighted by molar-refractivity contribution is 0.337. The Labute approximate surface area is 125 Å². The number of fused-ring (bicyclic) bond motifs is 2. The van der Waals surface area contributed by atoms with E-state index in [-0.39, 0.29) is 0 Å². The normalized spacial score (nSPS) is 32.0. The Morgan fingerprint density at radius 3 is 2.70 bits per heavy atom. The summed E-state index contributed by atoms with van der Waals surface area (Å²) >= 11 is 1.83. The fraction of sp³-hybridized carbons (Fsp3) is 0.812. The van der Waals surface area contributed by atoms with E-state index in [9.17, 15) is 0 Å². The lowest BCUT2D eigenvalue weighted by Gasteiger charge is -2.26. The third-order valence-corrected chi connectivity index (χ3v) is 6.79. The van der Waals surface area contributed by atoms with Gasteiger partial charge in [0.05, 0.1) is 5.69 Å². The van der Waals surface area contributed by atoms with Gasteiger partial charge in [-0.3, -0.25) is 0 Å². The van der Waals surface area contributed by atoms with Gasteiger partial charge in [-0.25, -0.2) is 4.98 Å². The lowest BCUT2D eigenvalue weighted by atomic mass is 9.88. The number of rotatable bonds is 5. The quantitative estimate of drug-likeness (QED) is 0.904. The summed E-state index contributed by atoms with van der Waals surface area (Å²) in [6.07, 6.45) is 8.55. The zero-order chi connectivity index (χ0) is 13.7. The molecule has 1 aromatic rings. The van der Waals surface area contributed by atoms with E-state index in [1.807, 2.05) is 11.3 Å². The number of hydrogen-bond acceptors (Lipinski definition) is 4. The molecule has 0 saturated heterocycles. The van der Waals surface area contributed by atoms with E-state index in [0.717, 1.165) is 23.7 Å². The molecule has 1 heterocycles. The highest BCUT2D eigenvalue weighted by Gasteiger charge is 2.40. The molecule has 1 aromatic heterocycles. The Bertz CT molecular complexity index is 494. The SMILES string of the molecule is CN(CC1CC2CCC1C2)c1nc(C2CC2)c(CN)s1. The predicted molar refractivity (Wildman–Crippen MR) is 84.2 cm³/mol. The molecule has 3 unspecified atom stereocenters. The molecular weight excluding hydrogens is 266 g/mol. The highest BCUT2D eigenvalue weighted by atomic mass is 32.1. The van der Waals surface area contributed by atoms with E-state index in [2.05, 4.69) is 11.9 Å². The highest BCUT2D eigenvalue weighted by molar-refractivity contribution is 7.15. The number of aromatic nitrogens is 1. The topological polar surface area (TPSA) is 42.2 Å². The Kier molecular flexibility index (Phi) is 3.26. The molecule has 0 aromatic carbocycles. The molecule has 2 N–H and O–H groups in total. The Morgan fingerprint density at radius 2 is 2.10 bits per heavy atom. The van der Waals surface area contributed by atoms with Crippen LogP contribution in [0.5, 0.6) is 0 Å². The fourth-order valence-corrected chi connectivity index (χ4v) is 5.36. The summed E-state index contributed by atoms with van der Waals surface area (Å²) in [5.74, 6) is 3.67. The Morgan fingerprint density at radius 1 is 1.25 bits per heavy atom. The van der Waals surface area contributed by atoms with Gasteiger partial charge in [0.1, 0.15) is 0 Å². The largest absolute Gasteiger partial charge is 0.351 e. The van der Waals surface area contributed by atoms with Crippen LogP contribution < -0.4 is 10.6 Å². The van der Waals surface area contributed by atoms with Gasteiger partial charge in [0.25, 0.3) is 0 Å². The Balaban J connectivity index is 1.46. The van der Waals surface area contributed by atoms with E-state index in [1.54, 1.807) is 0 Å². The minimum atomic E-state index is 0.658. The van der Waals surface area contributed by atoms with Crippen molar-refractivity contribution in [2.24, 2.45) is 23.5 Å². The van der Waals surface area contributed by atoms with Gasteiger partial charge in [-0.15, -0.1) is 11.3 Å². The van der Waals surface area contributed by atoms with Crippen LogP contribution in [0.2, 0.25) is 0 Å². The van der Waals surface area contributed by atoms with E-state index < -0.39 is 0 Å². The molecule has 0 spiro atoms. The van der Waals surface area contributed by atoms with Crippen LogP contribution in [0.1, 0.15) is 55.0 Å². The van der Waals surface area contributed by atoms with Crippen molar-refractivity contribution in [1.29, 1.82) is 0 Å². The third kappa shape index (κ3) is 2.27. The molecule has 3 fully saturated rings. The molecule has 0 aliphatic heterocycles. The molecule has 20 heavy (non-hydrogen) atoms. The lowest BCUT2D eigenvalue weighted by Crippen LogP contribution is -2.28. The van der Waals surface area contributed by atoms with Gasteiger partial charge in [0.15, 0.2) is 5.13 Å². The molecular formula is C16H25N3S. The van der Waals surface area contributed by atoms with E-state index in [1.165, 1.54) is 60.8 Å². The van der Waals surface area contributed by atoms with Crippen LogP contribution in [-0.2, 0) is 6.54 Å². The molecule has 3 nitrogen and oxygen atoms in total. The van der Waals surface area contributed by atoms with Crippen LogP contribution in [0.3, 0.4) is 0 Å². The summed E-state index contributed by atoms with van der Waals surface area (Å²) in [4.78, 5) is 8.64. The summed E-state index contributed by atoms with van der Waals surface area (Å²) < 4.78 is 0. The maximum atomic E-state index is 5.89. The molecule has 110 valence electrons. The molecule has 0 amide bonds. The molecule has 4 rings (SSSR count). The molecule has 3 aliphatic rings. The second kappa shape index (κ2) is 4.99. The fourth-order valence-electron chi connectivity index (χ4n) is 4.37. The van der Waals surface area contributed by atoms with Crippen LogP contribution in [0.25, 0.3) is 0 Å². The summed E-state index contributed by atoms with van der Waals surface area (Å²) in [5.41, 5.74) is 7.21. The summed E-state index contributed by atoms with van der Waals surface area (Å²) in [5, 5.41) is 1.20. The van der Waals surface area contributed by atoms with Crippen molar-refractivity contribution < 1.29 is 0 Å². The van der Waals surface area contributed by atoms with Crippen molar-refractivity contribution in [2.45, 2.75) is 51.0 Å². The van der Waals surface area contributed by atoms with Gasteiger partial charge in [0, 0.05) is 30.9 Å². The van der Waals surface area contributed by atoms with Crippen LogP contribution in [0.4, 0.5) is 5.13 Å². The van der Waals surface area contributed by atoms with E-state index in [0.29, 0.717) is 6.54 Å². The summed E-state index contributed by atoms with van der Waals surface area (Å²) in [6.45, 7) is 1.86. The minimum Gasteiger partial charge on any atom is -0.351 e. The van der Waals surface area contributed by atoms with Gasteiger partial charge >= 0.3 is 0 Å². The van der Waals surface area contributed by atoms with Gasteiger partial charge in [-0.2, -0.15) is 0 Å². The van der Waals surface area contributed by atoms with Crippen molar-refractivity contribution in [1.82, 2.24) is 4.98 Å².